The van der Waals surface area contributed by atoms with Gasteiger partial charge in [-0.2, -0.15) is 10.1 Å². The molecule has 0 fully saturated rings. The van der Waals surface area contributed by atoms with Crippen molar-refractivity contribution in [3.8, 4) is 0 Å². The third-order valence-corrected chi connectivity index (χ3v) is 4.01. The van der Waals surface area contributed by atoms with E-state index in [1.165, 1.54) is 4.68 Å². The van der Waals surface area contributed by atoms with Crippen LogP contribution in [-0.2, 0) is 9.59 Å². The summed E-state index contributed by atoms with van der Waals surface area (Å²) in [6.45, 7) is 1.72. The van der Waals surface area contributed by atoms with E-state index in [1.54, 1.807) is 6.92 Å². The molecule has 1 aliphatic heterocycles. The number of anilines is 2. The van der Waals surface area contributed by atoms with E-state index in [-0.39, 0.29) is 18.2 Å². The standard InChI is InChI=1S/C17H15N5O2/c1-10-18-17-20-15(23)9-14(22(17)21-10)16(24)19-13-8-4-6-11-5-2-3-7-12(11)13/h2-8,14H,9H2,1H3,(H,19,24)(H,18,20,21,23)/t14-/m0/s1. The zero-order chi connectivity index (χ0) is 16.7. The second-order valence-corrected chi connectivity index (χ2v) is 5.71. The number of fused-ring (bicyclic) bond motifs is 2. The Bertz CT molecular complexity index is 957. The highest BCUT2D eigenvalue weighted by molar-refractivity contribution is 6.05. The van der Waals surface area contributed by atoms with Crippen molar-refractivity contribution in [3.05, 3.63) is 48.3 Å². The minimum Gasteiger partial charge on any atom is -0.324 e. The van der Waals surface area contributed by atoms with Crippen LogP contribution in [0.2, 0.25) is 0 Å². The summed E-state index contributed by atoms with van der Waals surface area (Å²) in [7, 11) is 0. The van der Waals surface area contributed by atoms with Crippen LogP contribution in [0.5, 0.6) is 0 Å². The highest BCUT2D eigenvalue weighted by Gasteiger charge is 2.32. The number of aryl methyl sites for hydroxylation is 1. The van der Waals surface area contributed by atoms with Crippen molar-refractivity contribution in [2.45, 2.75) is 19.4 Å². The van der Waals surface area contributed by atoms with Gasteiger partial charge < -0.3 is 5.32 Å². The third-order valence-electron chi connectivity index (χ3n) is 4.01. The lowest BCUT2D eigenvalue weighted by Crippen LogP contribution is -2.36. The fourth-order valence-electron chi connectivity index (χ4n) is 2.92. The zero-order valence-corrected chi connectivity index (χ0v) is 13.0. The normalized spacial score (nSPS) is 16.5. The summed E-state index contributed by atoms with van der Waals surface area (Å²) < 4.78 is 1.47. The number of benzene rings is 2. The van der Waals surface area contributed by atoms with Gasteiger partial charge in [0.25, 0.3) is 0 Å². The van der Waals surface area contributed by atoms with Crippen LogP contribution < -0.4 is 10.6 Å². The van der Waals surface area contributed by atoms with Crippen molar-refractivity contribution in [3.63, 3.8) is 0 Å². The molecule has 2 N–H and O–H groups in total. The Morgan fingerprint density at radius 3 is 2.92 bits per heavy atom. The van der Waals surface area contributed by atoms with E-state index in [1.807, 2.05) is 42.5 Å². The van der Waals surface area contributed by atoms with Gasteiger partial charge in [0.2, 0.25) is 17.8 Å². The van der Waals surface area contributed by atoms with Gasteiger partial charge in [-0.05, 0) is 18.4 Å². The first-order valence-electron chi connectivity index (χ1n) is 7.63. The largest absolute Gasteiger partial charge is 0.324 e. The molecule has 0 saturated heterocycles. The molecule has 3 aromatic rings. The first-order valence-corrected chi connectivity index (χ1v) is 7.63. The van der Waals surface area contributed by atoms with Crippen LogP contribution in [0.4, 0.5) is 11.6 Å². The van der Waals surface area contributed by atoms with Crippen LogP contribution in [0.25, 0.3) is 10.8 Å². The summed E-state index contributed by atoms with van der Waals surface area (Å²) in [5, 5.41) is 11.8. The van der Waals surface area contributed by atoms with Crippen LogP contribution in [-0.4, -0.2) is 26.6 Å². The van der Waals surface area contributed by atoms with E-state index in [4.69, 9.17) is 0 Å². The minimum atomic E-state index is -0.714. The molecule has 0 radical (unpaired) electrons. The predicted molar refractivity (Wildman–Crippen MR) is 89.6 cm³/mol. The van der Waals surface area contributed by atoms with Gasteiger partial charge in [0, 0.05) is 11.1 Å². The number of nitrogens with one attached hydrogen (secondary N) is 2. The van der Waals surface area contributed by atoms with Crippen molar-refractivity contribution in [2.24, 2.45) is 0 Å². The van der Waals surface area contributed by atoms with Crippen LogP contribution in [0.3, 0.4) is 0 Å². The number of hydrogen-bond acceptors (Lipinski definition) is 4. The summed E-state index contributed by atoms with van der Waals surface area (Å²) in [5.74, 6) is 0.289. The van der Waals surface area contributed by atoms with Gasteiger partial charge in [0.15, 0.2) is 0 Å². The summed E-state index contributed by atoms with van der Waals surface area (Å²) in [4.78, 5) is 28.7. The van der Waals surface area contributed by atoms with Gasteiger partial charge in [-0.25, -0.2) is 4.68 Å². The molecular weight excluding hydrogens is 306 g/mol. The maximum absolute atomic E-state index is 12.7. The lowest BCUT2D eigenvalue weighted by Gasteiger charge is -2.22. The van der Waals surface area contributed by atoms with Crippen molar-refractivity contribution >= 4 is 34.2 Å². The zero-order valence-electron chi connectivity index (χ0n) is 13.0. The minimum absolute atomic E-state index is 0.0341. The van der Waals surface area contributed by atoms with E-state index in [0.717, 1.165) is 10.8 Å². The van der Waals surface area contributed by atoms with E-state index in [9.17, 15) is 9.59 Å². The summed E-state index contributed by atoms with van der Waals surface area (Å²) >= 11 is 0. The van der Waals surface area contributed by atoms with E-state index >= 15 is 0 Å². The smallest absolute Gasteiger partial charge is 0.249 e. The quantitative estimate of drug-likeness (QED) is 0.758. The molecule has 7 heteroatoms. The Morgan fingerprint density at radius 1 is 1.25 bits per heavy atom. The summed E-state index contributed by atoms with van der Waals surface area (Å²) in [6.07, 6.45) is 0.0341. The Balaban J connectivity index is 1.68. The summed E-state index contributed by atoms with van der Waals surface area (Å²) in [5.41, 5.74) is 0.711. The van der Waals surface area contributed by atoms with Crippen molar-refractivity contribution in [1.29, 1.82) is 0 Å². The Kier molecular flexibility index (Phi) is 3.26. The Hall–Kier alpha value is -3.22. The predicted octanol–water partition coefficient (Wildman–Crippen LogP) is 2.26. The molecule has 1 aromatic heterocycles. The number of rotatable bonds is 2. The molecule has 0 saturated carbocycles. The number of carbonyl (C=O) groups excluding carboxylic acids is 2. The average Bonchev–Trinajstić information content (AvgIpc) is 2.94. The van der Waals surface area contributed by atoms with E-state index in [2.05, 4.69) is 20.7 Å². The molecule has 24 heavy (non-hydrogen) atoms. The first-order chi connectivity index (χ1) is 11.6. The lowest BCUT2D eigenvalue weighted by molar-refractivity contribution is -0.125. The number of hydrogen-bond donors (Lipinski definition) is 2. The van der Waals surface area contributed by atoms with Gasteiger partial charge in [-0.15, -0.1) is 0 Å². The van der Waals surface area contributed by atoms with Gasteiger partial charge in [-0.3, -0.25) is 14.9 Å². The molecule has 1 atom stereocenters. The number of nitrogens with zero attached hydrogens (tertiary/aromatic N) is 3. The van der Waals surface area contributed by atoms with E-state index < -0.39 is 6.04 Å². The molecule has 120 valence electrons. The molecule has 1 aliphatic rings. The topological polar surface area (TPSA) is 88.9 Å². The van der Waals surface area contributed by atoms with E-state index in [0.29, 0.717) is 17.5 Å². The van der Waals surface area contributed by atoms with Crippen LogP contribution in [0.1, 0.15) is 18.3 Å². The van der Waals surface area contributed by atoms with Crippen LogP contribution in [0, 0.1) is 6.92 Å². The average molecular weight is 321 g/mol. The Morgan fingerprint density at radius 2 is 2.04 bits per heavy atom. The molecule has 0 spiro atoms. The SMILES string of the molecule is Cc1nc2n(n1)[C@H](C(=O)Nc1cccc3ccccc13)CC(=O)N2. The molecule has 4 rings (SSSR count). The summed E-state index contributed by atoms with van der Waals surface area (Å²) in [6, 6.07) is 12.8. The molecule has 2 amide bonds. The fraction of sp³-hybridized carbons (Fsp3) is 0.176. The van der Waals surface area contributed by atoms with Gasteiger partial charge in [-0.1, -0.05) is 36.4 Å². The van der Waals surface area contributed by atoms with Crippen molar-refractivity contribution in [2.75, 3.05) is 10.6 Å². The van der Waals surface area contributed by atoms with Gasteiger partial charge in [0.05, 0.1) is 6.42 Å². The monoisotopic (exact) mass is 321 g/mol. The molecule has 0 bridgehead atoms. The van der Waals surface area contributed by atoms with Crippen molar-refractivity contribution < 1.29 is 9.59 Å². The Labute approximate surface area is 137 Å². The number of carbonyl (C=O) groups is 2. The maximum Gasteiger partial charge on any atom is 0.249 e. The molecular formula is C17H15N5O2. The van der Waals surface area contributed by atoms with Gasteiger partial charge in [0.1, 0.15) is 11.9 Å². The number of amides is 2. The molecule has 2 aromatic carbocycles. The van der Waals surface area contributed by atoms with Crippen LogP contribution in [0.15, 0.2) is 42.5 Å². The first kappa shape index (κ1) is 14.4. The third kappa shape index (κ3) is 2.40. The number of aromatic nitrogens is 3. The lowest BCUT2D eigenvalue weighted by atomic mass is 10.1. The highest BCUT2D eigenvalue weighted by atomic mass is 16.2. The fourth-order valence-corrected chi connectivity index (χ4v) is 2.92. The van der Waals surface area contributed by atoms with Crippen molar-refractivity contribution in [1.82, 2.24) is 14.8 Å². The molecule has 2 heterocycles. The van der Waals surface area contributed by atoms with Crippen LogP contribution >= 0.6 is 0 Å². The molecule has 0 unspecified atom stereocenters. The van der Waals surface area contributed by atoms with Gasteiger partial charge >= 0.3 is 0 Å². The second kappa shape index (κ2) is 5.45. The second-order valence-electron chi connectivity index (χ2n) is 5.71. The molecule has 0 aliphatic carbocycles. The maximum atomic E-state index is 12.7. The highest BCUT2D eigenvalue weighted by Crippen LogP contribution is 2.27. The molecule has 7 nitrogen and oxygen atoms in total.